The molecular weight excluding hydrogens is 312 g/mol. The molecule has 1 N–H and O–H groups in total. The van der Waals surface area contributed by atoms with Gasteiger partial charge in [0.05, 0.1) is 6.04 Å². The predicted octanol–water partition coefficient (Wildman–Crippen LogP) is 3.97. The van der Waals surface area contributed by atoms with Gasteiger partial charge in [-0.05, 0) is 30.9 Å². The lowest BCUT2D eigenvalue weighted by atomic mass is 10.0. The van der Waals surface area contributed by atoms with Crippen molar-refractivity contribution in [1.29, 1.82) is 0 Å². The van der Waals surface area contributed by atoms with Crippen LogP contribution in [0.1, 0.15) is 61.5 Å². The van der Waals surface area contributed by atoms with Gasteiger partial charge in [0, 0.05) is 11.6 Å². The van der Waals surface area contributed by atoms with Crippen LogP contribution in [0.25, 0.3) is 0 Å². The zero-order chi connectivity index (χ0) is 17.1. The molecule has 1 aliphatic rings. The number of alkyl halides is 2. The molecule has 1 unspecified atom stereocenters. The van der Waals surface area contributed by atoms with Crippen molar-refractivity contribution in [3.05, 3.63) is 53.3 Å². The summed E-state index contributed by atoms with van der Waals surface area (Å²) >= 11 is 0. The molecule has 1 aromatic carbocycles. The van der Waals surface area contributed by atoms with Gasteiger partial charge in [-0.3, -0.25) is 9.48 Å². The van der Waals surface area contributed by atoms with Crippen molar-refractivity contribution >= 4 is 5.91 Å². The molecule has 0 spiro atoms. The molecule has 0 radical (unpaired) electrons. The number of hydrogen-bond donors (Lipinski definition) is 1. The molecule has 0 aliphatic heterocycles. The summed E-state index contributed by atoms with van der Waals surface area (Å²) in [6, 6.07) is 11.1. The molecular formula is C18H21F2N3O. The largest absolute Gasteiger partial charge is 0.348 e. The first-order valence-electron chi connectivity index (χ1n) is 8.28. The number of halogens is 2. The molecule has 1 heterocycles. The second-order valence-electron chi connectivity index (χ2n) is 6.17. The fourth-order valence-corrected chi connectivity index (χ4v) is 2.88. The monoisotopic (exact) mass is 333 g/mol. The highest BCUT2D eigenvalue weighted by molar-refractivity contribution is 5.76. The van der Waals surface area contributed by atoms with Crippen LogP contribution in [0.5, 0.6) is 0 Å². The molecule has 4 nitrogen and oxygen atoms in total. The maximum absolute atomic E-state index is 12.9. The van der Waals surface area contributed by atoms with Crippen LogP contribution in [-0.4, -0.2) is 15.7 Å². The van der Waals surface area contributed by atoms with Crippen LogP contribution in [-0.2, 0) is 11.3 Å². The third-order valence-electron chi connectivity index (χ3n) is 4.29. The van der Waals surface area contributed by atoms with E-state index in [2.05, 4.69) is 10.4 Å². The SMILES string of the molecule is CCC(NC(=O)Cn1nc(C(F)F)cc1C1CC1)c1ccccc1. The first-order chi connectivity index (χ1) is 11.6. The van der Waals surface area contributed by atoms with Crippen LogP contribution in [0.15, 0.2) is 36.4 Å². The Morgan fingerprint density at radius 1 is 1.33 bits per heavy atom. The Balaban J connectivity index is 1.70. The molecule has 128 valence electrons. The first kappa shape index (κ1) is 16.6. The summed E-state index contributed by atoms with van der Waals surface area (Å²) in [6.07, 6.45) is 0.0847. The van der Waals surface area contributed by atoms with Gasteiger partial charge in [-0.15, -0.1) is 0 Å². The summed E-state index contributed by atoms with van der Waals surface area (Å²) < 4.78 is 27.2. The van der Waals surface area contributed by atoms with Crippen LogP contribution in [0.3, 0.4) is 0 Å². The van der Waals surface area contributed by atoms with Crippen LogP contribution >= 0.6 is 0 Å². The molecule has 1 aromatic heterocycles. The van der Waals surface area contributed by atoms with Crippen LogP contribution in [0.4, 0.5) is 8.78 Å². The summed E-state index contributed by atoms with van der Waals surface area (Å²) in [6.45, 7) is 1.97. The maximum atomic E-state index is 12.9. The highest BCUT2D eigenvalue weighted by Crippen LogP contribution is 2.41. The highest BCUT2D eigenvalue weighted by Gasteiger charge is 2.30. The van der Waals surface area contributed by atoms with Crippen LogP contribution < -0.4 is 5.32 Å². The molecule has 1 amide bonds. The van der Waals surface area contributed by atoms with Gasteiger partial charge in [0.25, 0.3) is 6.43 Å². The van der Waals surface area contributed by atoms with E-state index in [0.29, 0.717) is 0 Å². The number of rotatable bonds is 7. The Hall–Kier alpha value is -2.24. The summed E-state index contributed by atoms with van der Waals surface area (Å²) in [5, 5.41) is 6.89. The van der Waals surface area contributed by atoms with E-state index in [1.165, 1.54) is 10.7 Å². The van der Waals surface area contributed by atoms with Crippen molar-refractivity contribution in [3.63, 3.8) is 0 Å². The minimum Gasteiger partial charge on any atom is -0.348 e. The molecule has 0 saturated heterocycles. The fraction of sp³-hybridized carbons (Fsp3) is 0.444. The standard InChI is InChI=1S/C18H21F2N3O/c1-2-14(12-6-4-3-5-7-12)21-17(24)11-23-16(13-8-9-13)10-15(22-23)18(19)20/h3-7,10,13-14,18H,2,8-9,11H2,1H3,(H,21,24). The second kappa shape index (κ2) is 7.11. The van der Waals surface area contributed by atoms with Crippen LogP contribution in [0.2, 0.25) is 0 Å². The number of amides is 1. The van der Waals surface area contributed by atoms with Gasteiger partial charge in [-0.2, -0.15) is 5.10 Å². The molecule has 2 aromatic rings. The number of benzene rings is 1. The van der Waals surface area contributed by atoms with Gasteiger partial charge in [0.15, 0.2) is 0 Å². The number of carbonyl (C=O) groups is 1. The lowest BCUT2D eigenvalue weighted by Gasteiger charge is -2.18. The van der Waals surface area contributed by atoms with Gasteiger partial charge in [-0.1, -0.05) is 37.3 Å². The van der Waals surface area contributed by atoms with Crippen molar-refractivity contribution in [2.24, 2.45) is 0 Å². The Morgan fingerprint density at radius 2 is 2.04 bits per heavy atom. The Bertz CT molecular complexity index is 696. The molecule has 0 bridgehead atoms. The zero-order valence-corrected chi connectivity index (χ0v) is 13.6. The molecule has 1 aliphatic carbocycles. The third-order valence-corrected chi connectivity index (χ3v) is 4.29. The van der Waals surface area contributed by atoms with Crippen molar-refractivity contribution in [2.75, 3.05) is 0 Å². The maximum Gasteiger partial charge on any atom is 0.282 e. The van der Waals surface area contributed by atoms with E-state index < -0.39 is 6.43 Å². The molecule has 1 saturated carbocycles. The van der Waals surface area contributed by atoms with E-state index in [1.807, 2.05) is 37.3 Å². The zero-order valence-electron chi connectivity index (χ0n) is 13.6. The molecule has 24 heavy (non-hydrogen) atoms. The summed E-state index contributed by atoms with van der Waals surface area (Å²) in [7, 11) is 0. The van der Waals surface area contributed by atoms with Crippen molar-refractivity contribution in [1.82, 2.24) is 15.1 Å². The number of nitrogens with one attached hydrogen (secondary N) is 1. The average molecular weight is 333 g/mol. The minimum absolute atomic E-state index is 0.0259. The quantitative estimate of drug-likeness (QED) is 0.833. The molecule has 1 fully saturated rings. The summed E-state index contributed by atoms with van der Waals surface area (Å²) in [4.78, 5) is 12.4. The normalized spacial score (nSPS) is 15.5. The van der Waals surface area contributed by atoms with Crippen molar-refractivity contribution in [3.8, 4) is 0 Å². The average Bonchev–Trinajstić information content (AvgIpc) is 3.34. The van der Waals surface area contributed by atoms with Gasteiger partial charge in [0.2, 0.25) is 5.91 Å². The minimum atomic E-state index is -2.61. The van der Waals surface area contributed by atoms with Crippen molar-refractivity contribution in [2.45, 2.75) is 51.1 Å². The fourth-order valence-electron chi connectivity index (χ4n) is 2.88. The Kier molecular flexibility index (Phi) is 4.92. The first-order valence-corrected chi connectivity index (χ1v) is 8.28. The van der Waals surface area contributed by atoms with Crippen molar-refractivity contribution < 1.29 is 13.6 Å². The smallest absolute Gasteiger partial charge is 0.282 e. The van der Waals surface area contributed by atoms with Gasteiger partial charge < -0.3 is 5.32 Å². The number of carbonyl (C=O) groups excluding carboxylic acids is 1. The molecule has 6 heteroatoms. The topological polar surface area (TPSA) is 46.9 Å². The molecule has 1 atom stereocenters. The highest BCUT2D eigenvalue weighted by atomic mass is 19.3. The van der Waals surface area contributed by atoms with E-state index in [0.717, 1.165) is 30.5 Å². The summed E-state index contributed by atoms with van der Waals surface area (Å²) in [5.74, 6) is 0.0467. The van der Waals surface area contributed by atoms with E-state index in [1.54, 1.807) is 0 Å². The van der Waals surface area contributed by atoms with Gasteiger partial charge in [-0.25, -0.2) is 8.78 Å². The summed E-state index contributed by atoms with van der Waals surface area (Å²) in [5.41, 5.74) is 1.53. The van der Waals surface area contributed by atoms with Gasteiger partial charge in [0.1, 0.15) is 12.2 Å². The predicted molar refractivity (Wildman–Crippen MR) is 86.8 cm³/mol. The van der Waals surface area contributed by atoms with E-state index in [9.17, 15) is 13.6 Å². The number of nitrogens with zero attached hydrogens (tertiary/aromatic N) is 2. The van der Waals surface area contributed by atoms with Gasteiger partial charge >= 0.3 is 0 Å². The van der Waals surface area contributed by atoms with Crippen LogP contribution in [0, 0.1) is 0 Å². The molecule has 3 rings (SSSR count). The van der Waals surface area contributed by atoms with E-state index in [-0.39, 0.29) is 30.1 Å². The number of hydrogen-bond acceptors (Lipinski definition) is 2. The van der Waals surface area contributed by atoms with E-state index >= 15 is 0 Å². The third kappa shape index (κ3) is 3.80. The lowest BCUT2D eigenvalue weighted by Crippen LogP contribution is -2.32. The second-order valence-corrected chi connectivity index (χ2v) is 6.17. The Morgan fingerprint density at radius 3 is 2.62 bits per heavy atom. The number of aromatic nitrogens is 2. The lowest BCUT2D eigenvalue weighted by molar-refractivity contribution is -0.122. The Labute approximate surface area is 139 Å². The van der Waals surface area contributed by atoms with E-state index in [4.69, 9.17) is 0 Å².